The number of nitrogens with one attached hydrogen (secondary N) is 1. The lowest BCUT2D eigenvalue weighted by Gasteiger charge is -2.33. The van der Waals surface area contributed by atoms with Crippen molar-refractivity contribution < 1.29 is 9.18 Å². The third kappa shape index (κ3) is 5.51. The topological polar surface area (TPSA) is 71.0 Å². The number of pyridine rings is 1. The van der Waals surface area contributed by atoms with Crippen molar-refractivity contribution in [3.8, 4) is 11.3 Å². The third-order valence-electron chi connectivity index (χ3n) is 6.24. The Morgan fingerprint density at radius 1 is 0.943 bits per heavy atom. The molecule has 7 heteroatoms. The molecular formula is C28H26FN5O. The zero-order valence-corrected chi connectivity index (χ0v) is 19.3. The van der Waals surface area contributed by atoms with Crippen LogP contribution in [-0.4, -0.2) is 40.0 Å². The summed E-state index contributed by atoms with van der Waals surface area (Å²) >= 11 is 0. The summed E-state index contributed by atoms with van der Waals surface area (Å²) in [5.74, 6) is 0.454. The Balaban J connectivity index is 1.18. The van der Waals surface area contributed by atoms with Crippen molar-refractivity contribution in [3.63, 3.8) is 0 Å². The fraction of sp³-hybridized carbons (Fsp3) is 0.214. The van der Waals surface area contributed by atoms with Gasteiger partial charge in [0.1, 0.15) is 5.82 Å². The Labute approximate surface area is 203 Å². The molecule has 0 bridgehead atoms. The van der Waals surface area contributed by atoms with Crippen molar-refractivity contribution in [1.82, 2.24) is 20.3 Å². The molecule has 0 unspecified atom stereocenters. The lowest BCUT2D eigenvalue weighted by molar-refractivity contribution is 0.0930. The number of carbonyl (C=O) groups excluding carboxylic acids is 1. The lowest BCUT2D eigenvalue weighted by atomic mass is 10.0. The largest absolute Gasteiger partial charge is 0.355 e. The second-order valence-electron chi connectivity index (χ2n) is 8.67. The van der Waals surface area contributed by atoms with E-state index in [1.807, 2.05) is 18.2 Å². The van der Waals surface area contributed by atoms with Gasteiger partial charge in [0, 0.05) is 49.7 Å². The molecule has 0 spiro atoms. The van der Waals surface area contributed by atoms with Gasteiger partial charge in [0.15, 0.2) is 5.82 Å². The van der Waals surface area contributed by atoms with Crippen LogP contribution in [0, 0.1) is 5.82 Å². The number of carbonyl (C=O) groups is 1. The zero-order valence-electron chi connectivity index (χ0n) is 19.3. The van der Waals surface area contributed by atoms with Crippen LogP contribution in [0.25, 0.3) is 11.3 Å². The van der Waals surface area contributed by atoms with Crippen LogP contribution in [0.4, 0.5) is 10.2 Å². The minimum Gasteiger partial charge on any atom is -0.355 e. The molecule has 0 saturated carbocycles. The third-order valence-corrected chi connectivity index (χ3v) is 6.24. The highest BCUT2D eigenvalue weighted by atomic mass is 19.1. The van der Waals surface area contributed by atoms with Crippen molar-refractivity contribution in [2.24, 2.45) is 0 Å². The molecule has 1 fully saturated rings. The van der Waals surface area contributed by atoms with Crippen LogP contribution in [0.2, 0.25) is 0 Å². The number of rotatable bonds is 6. The molecule has 1 saturated heterocycles. The Morgan fingerprint density at radius 2 is 1.74 bits per heavy atom. The van der Waals surface area contributed by atoms with Crippen LogP contribution >= 0.6 is 0 Å². The first-order chi connectivity index (χ1) is 17.2. The van der Waals surface area contributed by atoms with Crippen LogP contribution in [0.1, 0.15) is 34.5 Å². The molecule has 176 valence electrons. The summed E-state index contributed by atoms with van der Waals surface area (Å²) in [5, 5.41) is 3.13. The maximum atomic E-state index is 13.5. The van der Waals surface area contributed by atoms with Gasteiger partial charge in [-0.15, -0.1) is 0 Å². The molecular weight excluding hydrogens is 441 g/mol. The molecule has 1 N–H and O–H groups in total. The first-order valence-corrected chi connectivity index (χ1v) is 11.8. The van der Waals surface area contributed by atoms with Gasteiger partial charge in [0.05, 0.1) is 17.0 Å². The van der Waals surface area contributed by atoms with Gasteiger partial charge in [0.25, 0.3) is 5.91 Å². The van der Waals surface area contributed by atoms with E-state index >= 15 is 0 Å². The summed E-state index contributed by atoms with van der Waals surface area (Å²) < 4.78 is 13.5. The standard InChI is InChI=1S/C28H26FN5O/c29-23-8-4-7-21(18-23)25-10-9-22(19-32-25)28(35)33-24-11-15-34(16-12-24)27-26(30-13-14-31-27)17-20-5-2-1-3-6-20/h1-10,13-14,18-19,24H,11-12,15-17H2,(H,33,35). The van der Waals surface area contributed by atoms with Gasteiger partial charge in [-0.3, -0.25) is 14.8 Å². The minimum atomic E-state index is -0.314. The summed E-state index contributed by atoms with van der Waals surface area (Å²) in [6.45, 7) is 1.59. The average Bonchev–Trinajstić information content (AvgIpc) is 2.90. The van der Waals surface area contributed by atoms with Gasteiger partial charge in [0.2, 0.25) is 0 Å². The van der Waals surface area contributed by atoms with E-state index in [1.54, 1.807) is 42.9 Å². The van der Waals surface area contributed by atoms with E-state index in [1.165, 1.54) is 17.7 Å². The van der Waals surface area contributed by atoms with Crippen LogP contribution < -0.4 is 10.2 Å². The number of amides is 1. The van der Waals surface area contributed by atoms with Gasteiger partial charge >= 0.3 is 0 Å². The first-order valence-electron chi connectivity index (χ1n) is 11.8. The SMILES string of the molecule is O=C(NC1CCN(c2nccnc2Cc2ccccc2)CC1)c1ccc(-c2cccc(F)c2)nc1. The highest BCUT2D eigenvalue weighted by Gasteiger charge is 2.24. The number of benzene rings is 2. The van der Waals surface area contributed by atoms with Crippen molar-refractivity contribution in [2.45, 2.75) is 25.3 Å². The molecule has 6 nitrogen and oxygen atoms in total. The number of halogens is 1. The first kappa shape index (κ1) is 22.7. The normalized spacial score (nSPS) is 14.0. The maximum absolute atomic E-state index is 13.5. The maximum Gasteiger partial charge on any atom is 0.253 e. The highest BCUT2D eigenvalue weighted by molar-refractivity contribution is 5.94. The van der Waals surface area contributed by atoms with E-state index in [0.717, 1.165) is 43.9 Å². The van der Waals surface area contributed by atoms with Crippen molar-refractivity contribution in [2.75, 3.05) is 18.0 Å². The Morgan fingerprint density at radius 3 is 2.49 bits per heavy atom. The summed E-state index contributed by atoms with van der Waals surface area (Å²) in [4.78, 5) is 28.6. The zero-order chi connectivity index (χ0) is 24.0. The average molecular weight is 468 g/mol. The Kier molecular flexibility index (Phi) is 6.75. The van der Waals surface area contributed by atoms with E-state index in [-0.39, 0.29) is 17.8 Å². The molecule has 1 aliphatic rings. The van der Waals surface area contributed by atoms with Crippen LogP contribution in [-0.2, 0) is 6.42 Å². The monoisotopic (exact) mass is 467 g/mol. The Hall–Kier alpha value is -4.13. The molecule has 2 aromatic carbocycles. The quantitative estimate of drug-likeness (QED) is 0.446. The molecule has 35 heavy (non-hydrogen) atoms. The Bertz CT molecular complexity index is 1290. The molecule has 0 radical (unpaired) electrons. The lowest BCUT2D eigenvalue weighted by Crippen LogP contribution is -2.45. The molecule has 1 aliphatic heterocycles. The molecule has 0 atom stereocenters. The highest BCUT2D eigenvalue weighted by Crippen LogP contribution is 2.23. The van der Waals surface area contributed by atoms with E-state index in [9.17, 15) is 9.18 Å². The predicted octanol–water partition coefficient (Wildman–Crippen LogP) is 4.67. The summed E-state index contributed by atoms with van der Waals surface area (Å²) in [7, 11) is 0. The van der Waals surface area contributed by atoms with Crippen molar-refractivity contribution in [1.29, 1.82) is 0 Å². The van der Waals surface area contributed by atoms with Crippen molar-refractivity contribution >= 4 is 11.7 Å². The number of piperidine rings is 1. The number of hydrogen-bond donors (Lipinski definition) is 1. The minimum absolute atomic E-state index is 0.0795. The smallest absolute Gasteiger partial charge is 0.253 e. The molecule has 1 amide bonds. The molecule has 2 aromatic heterocycles. The summed E-state index contributed by atoms with van der Waals surface area (Å²) in [5.41, 5.74) is 3.97. The van der Waals surface area contributed by atoms with Gasteiger partial charge in [-0.2, -0.15) is 0 Å². The van der Waals surface area contributed by atoms with E-state index < -0.39 is 0 Å². The van der Waals surface area contributed by atoms with Crippen molar-refractivity contribution in [3.05, 3.63) is 108 Å². The molecule has 0 aliphatic carbocycles. The fourth-order valence-corrected chi connectivity index (χ4v) is 4.39. The van der Waals surface area contributed by atoms with E-state index in [4.69, 9.17) is 0 Å². The number of aromatic nitrogens is 3. The summed E-state index contributed by atoms with van der Waals surface area (Å²) in [6.07, 6.45) is 7.39. The predicted molar refractivity (Wildman–Crippen MR) is 134 cm³/mol. The molecule has 3 heterocycles. The second-order valence-corrected chi connectivity index (χ2v) is 8.67. The van der Waals surface area contributed by atoms with Gasteiger partial charge in [-0.25, -0.2) is 9.37 Å². The van der Waals surface area contributed by atoms with Crippen LogP contribution in [0.15, 0.2) is 85.3 Å². The van der Waals surface area contributed by atoms with E-state index in [0.29, 0.717) is 16.8 Å². The number of anilines is 1. The van der Waals surface area contributed by atoms with Crippen LogP contribution in [0.3, 0.4) is 0 Å². The number of hydrogen-bond acceptors (Lipinski definition) is 5. The fourth-order valence-electron chi connectivity index (χ4n) is 4.39. The molecule has 5 rings (SSSR count). The second kappa shape index (κ2) is 10.4. The van der Waals surface area contributed by atoms with Crippen LogP contribution in [0.5, 0.6) is 0 Å². The summed E-state index contributed by atoms with van der Waals surface area (Å²) in [6, 6.07) is 20.1. The van der Waals surface area contributed by atoms with Gasteiger partial charge in [-0.05, 0) is 42.7 Å². The molecule has 4 aromatic rings. The number of nitrogens with zero attached hydrogens (tertiary/aromatic N) is 4. The van der Waals surface area contributed by atoms with Gasteiger partial charge in [-0.1, -0.05) is 42.5 Å². The van der Waals surface area contributed by atoms with E-state index in [2.05, 4.69) is 37.3 Å². The van der Waals surface area contributed by atoms with Gasteiger partial charge < -0.3 is 10.2 Å².